The summed E-state index contributed by atoms with van der Waals surface area (Å²) < 4.78 is 5.51. The first kappa shape index (κ1) is 15.6. The second kappa shape index (κ2) is 7.35. The highest BCUT2D eigenvalue weighted by molar-refractivity contribution is 7.16. The standard InChI is InChI=1S/C16H24N4OS/c1-3-13-11-20(7-6-19(13)8-9-21-4-2)15-14-5-10-22-16(14)18-12-17-15/h5,10,12-13H,3-4,6-9,11H2,1-2H3. The molecule has 0 N–H and O–H groups in total. The van der Waals surface area contributed by atoms with E-state index in [-0.39, 0.29) is 0 Å². The molecule has 6 heteroatoms. The zero-order valence-electron chi connectivity index (χ0n) is 13.4. The Balaban J connectivity index is 1.71. The quantitative estimate of drug-likeness (QED) is 0.765. The topological polar surface area (TPSA) is 41.5 Å². The number of piperazine rings is 1. The largest absolute Gasteiger partial charge is 0.380 e. The molecule has 22 heavy (non-hydrogen) atoms. The van der Waals surface area contributed by atoms with Crippen molar-refractivity contribution >= 4 is 27.4 Å². The number of fused-ring (bicyclic) bond motifs is 1. The van der Waals surface area contributed by atoms with E-state index in [4.69, 9.17) is 4.74 Å². The summed E-state index contributed by atoms with van der Waals surface area (Å²) in [6.07, 6.45) is 2.84. The molecule has 1 atom stereocenters. The molecule has 0 amide bonds. The molecule has 0 radical (unpaired) electrons. The fourth-order valence-electron chi connectivity index (χ4n) is 3.12. The van der Waals surface area contributed by atoms with Crippen molar-refractivity contribution in [1.82, 2.24) is 14.9 Å². The van der Waals surface area contributed by atoms with E-state index in [0.717, 1.165) is 56.5 Å². The fraction of sp³-hybridized carbons (Fsp3) is 0.625. The third-order valence-electron chi connectivity index (χ3n) is 4.34. The van der Waals surface area contributed by atoms with Gasteiger partial charge in [-0.3, -0.25) is 4.90 Å². The highest BCUT2D eigenvalue weighted by Gasteiger charge is 2.27. The van der Waals surface area contributed by atoms with Gasteiger partial charge in [0.25, 0.3) is 0 Å². The van der Waals surface area contributed by atoms with Crippen LogP contribution in [0.1, 0.15) is 20.3 Å². The number of ether oxygens (including phenoxy) is 1. The first-order chi connectivity index (χ1) is 10.8. The normalized spacial score (nSPS) is 19.9. The van der Waals surface area contributed by atoms with E-state index >= 15 is 0 Å². The summed E-state index contributed by atoms with van der Waals surface area (Å²) in [5, 5.41) is 3.28. The number of anilines is 1. The van der Waals surface area contributed by atoms with Crippen molar-refractivity contribution in [3.63, 3.8) is 0 Å². The molecule has 3 rings (SSSR count). The van der Waals surface area contributed by atoms with Crippen LogP contribution in [0.25, 0.3) is 10.2 Å². The van der Waals surface area contributed by atoms with Gasteiger partial charge in [0.1, 0.15) is 17.0 Å². The molecule has 1 aliphatic heterocycles. The van der Waals surface area contributed by atoms with Crippen LogP contribution in [-0.2, 0) is 4.74 Å². The predicted molar refractivity (Wildman–Crippen MR) is 91.8 cm³/mol. The summed E-state index contributed by atoms with van der Waals surface area (Å²) in [5.74, 6) is 1.09. The lowest BCUT2D eigenvalue weighted by atomic mass is 10.1. The van der Waals surface area contributed by atoms with Crippen LogP contribution in [-0.4, -0.2) is 60.3 Å². The maximum absolute atomic E-state index is 5.51. The molecule has 0 aromatic carbocycles. The Labute approximate surface area is 135 Å². The summed E-state index contributed by atoms with van der Waals surface area (Å²) in [6.45, 7) is 10.1. The fourth-order valence-corrected chi connectivity index (χ4v) is 3.85. The van der Waals surface area contributed by atoms with Crippen LogP contribution in [0.15, 0.2) is 17.8 Å². The number of hydrogen-bond acceptors (Lipinski definition) is 6. The first-order valence-corrected chi connectivity index (χ1v) is 8.96. The minimum absolute atomic E-state index is 0.567. The van der Waals surface area contributed by atoms with E-state index in [1.54, 1.807) is 17.7 Å². The number of hydrogen-bond donors (Lipinski definition) is 0. The van der Waals surface area contributed by atoms with Crippen molar-refractivity contribution in [2.75, 3.05) is 44.3 Å². The Hall–Kier alpha value is -1.24. The van der Waals surface area contributed by atoms with Crippen molar-refractivity contribution in [3.05, 3.63) is 17.8 Å². The SMILES string of the molecule is CCOCCN1CCN(c2ncnc3sccc23)CC1CC. The second-order valence-electron chi connectivity index (χ2n) is 5.58. The molecular weight excluding hydrogens is 296 g/mol. The lowest BCUT2D eigenvalue weighted by Gasteiger charge is -2.41. The highest BCUT2D eigenvalue weighted by atomic mass is 32.1. The molecule has 2 aromatic rings. The van der Waals surface area contributed by atoms with Crippen LogP contribution < -0.4 is 4.90 Å². The van der Waals surface area contributed by atoms with E-state index in [0.29, 0.717) is 6.04 Å². The molecule has 1 unspecified atom stereocenters. The molecule has 0 spiro atoms. The lowest BCUT2D eigenvalue weighted by Crippen LogP contribution is -2.54. The number of aromatic nitrogens is 2. The average Bonchev–Trinajstić information content (AvgIpc) is 3.04. The molecule has 0 aliphatic carbocycles. The highest BCUT2D eigenvalue weighted by Crippen LogP contribution is 2.28. The Morgan fingerprint density at radius 2 is 2.23 bits per heavy atom. The minimum Gasteiger partial charge on any atom is -0.380 e. The van der Waals surface area contributed by atoms with Crippen LogP contribution in [0.2, 0.25) is 0 Å². The molecule has 1 fully saturated rings. The summed E-state index contributed by atoms with van der Waals surface area (Å²) in [5.41, 5.74) is 0. The Bertz CT molecular complexity index is 603. The summed E-state index contributed by atoms with van der Waals surface area (Å²) in [4.78, 5) is 15.0. The van der Waals surface area contributed by atoms with Gasteiger partial charge in [-0.25, -0.2) is 9.97 Å². The van der Waals surface area contributed by atoms with Crippen LogP contribution in [0.5, 0.6) is 0 Å². The molecular formula is C16H24N4OS. The van der Waals surface area contributed by atoms with Crippen LogP contribution in [0.3, 0.4) is 0 Å². The van der Waals surface area contributed by atoms with Crippen molar-refractivity contribution in [1.29, 1.82) is 0 Å². The molecule has 0 saturated carbocycles. The van der Waals surface area contributed by atoms with Gasteiger partial charge in [-0.1, -0.05) is 6.92 Å². The molecule has 2 aromatic heterocycles. The van der Waals surface area contributed by atoms with Crippen molar-refractivity contribution in [3.8, 4) is 0 Å². The molecule has 1 saturated heterocycles. The van der Waals surface area contributed by atoms with Gasteiger partial charge < -0.3 is 9.64 Å². The molecule has 5 nitrogen and oxygen atoms in total. The summed E-state index contributed by atoms with van der Waals surface area (Å²) in [7, 11) is 0. The van der Waals surface area contributed by atoms with Gasteiger partial charge in [0.15, 0.2) is 0 Å². The van der Waals surface area contributed by atoms with E-state index in [2.05, 4.69) is 45.1 Å². The van der Waals surface area contributed by atoms with E-state index in [1.807, 2.05) is 0 Å². The Morgan fingerprint density at radius 3 is 3.05 bits per heavy atom. The van der Waals surface area contributed by atoms with E-state index in [9.17, 15) is 0 Å². The Kier molecular flexibility index (Phi) is 5.23. The van der Waals surface area contributed by atoms with Crippen molar-refractivity contribution in [2.24, 2.45) is 0 Å². The third-order valence-corrected chi connectivity index (χ3v) is 5.16. The van der Waals surface area contributed by atoms with E-state index in [1.165, 1.54) is 5.39 Å². The van der Waals surface area contributed by atoms with Gasteiger partial charge in [-0.05, 0) is 24.8 Å². The van der Waals surface area contributed by atoms with Crippen LogP contribution >= 0.6 is 11.3 Å². The molecule has 120 valence electrons. The third kappa shape index (κ3) is 3.24. The maximum Gasteiger partial charge on any atom is 0.140 e. The molecule has 1 aliphatic rings. The average molecular weight is 320 g/mol. The van der Waals surface area contributed by atoms with E-state index < -0.39 is 0 Å². The first-order valence-electron chi connectivity index (χ1n) is 8.08. The summed E-state index contributed by atoms with van der Waals surface area (Å²) >= 11 is 1.68. The van der Waals surface area contributed by atoms with Gasteiger partial charge in [0.2, 0.25) is 0 Å². The predicted octanol–water partition coefficient (Wildman–Crippen LogP) is 2.63. The summed E-state index contributed by atoms with van der Waals surface area (Å²) in [6, 6.07) is 2.70. The van der Waals surface area contributed by atoms with Gasteiger partial charge in [0.05, 0.1) is 12.0 Å². The van der Waals surface area contributed by atoms with Crippen molar-refractivity contribution < 1.29 is 4.74 Å². The van der Waals surface area contributed by atoms with Crippen molar-refractivity contribution in [2.45, 2.75) is 26.3 Å². The number of rotatable bonds is 6. The molecule has 3 heterocycles. The van der Waals surface area contributed by atoms with Gasteiger partial charge in [0, 0.05) is 38.8 Å². The smallest absolute Gasteiger partial charge is 0.140 e. The van der Waals surface area contributed by atoms with Gasteiger partial charge in [-0.15, -0.1) is 11.3 Å². The Morgan fingerprint density at radius 1 is 1.32 bits per heavy atom. The molecule has 0 bridgehead atoms. The zero-order valence-corrected chi connectivity index (χ0v) is 14.2. The number of thiophene rings is 1. The second-order valence-corrected chi connectivity index (χ2v) is 6.47. The van der Waals surface area contributed by atoms with Gasteiger partial charge in [-0.2, -0.15) is 0 Å². The zero-order chi connectivity index (χ0) is 15.4. The van der Waals surface area contributed by atoms with Gasteiger partial charge >= 0.3 is 0 Å². The van der Waals surface area contributed by atoms with Crippen LogP contribution in [0, 0.1) is 0 Å². The maximum atomic E-state index is 5.51. The van der Waals surface area contributed by atoms with Crippen LogP contribution in [0.4, 0.5) is 5.82 Å². The number of nitrogens with zero attached hydrogens (tertiary/aromatic N) is 4. The lowest BCUT2D eigenvalue weighted by molar-refractivity contribution is 0.0869. The minimum atomic E-state index is 0.567. The monoisotopic (exact) mass is 320 g/mol.